The zero-order chi connectivity index (χ0) is 12.4. The van der Waals surface area contributed by atoms with Gasteiger partial charge in [-0.2, -0.15) is 10.1 Å². The molecular formula is C11H16N6. The highest BCUT2D eigenvalue weighted by Crippen LogP contribution is 2.17. The Bertz CT molecular complexity index is 498. The van der Waals surface area contributed by atoms with Gasteiger partial charge in [-0.25, -0.2) is 4.98 Å². The smallest absolute Gasteiger partial charge is 0.222 e. The number of nitrogen functional groups attached to an aromatic ring is 1. The van der Waals surface area contributed by atoms with E-state index >= 15 is 0 Å². The minimum Gasteiger partial charge on any atom is -0.368 e. The second-order valence-electron chi connectivity index (χ2n) is 4.07. The van der Waals surface area contributed by atoms with Crippen molar-refractivity contribution < 1.29 is 0 Å². The summed E-state index contributed by atoms with van der Waals surface area (Å²) in [7, 11) is 1.89. The molecule has 90 valence electrons. The maximum Gasteiger partial charge on any atom is 0.222 e. The number of anilines is 2. The van der Waals surface area contributed by atoms with E-state index in [1.165, 1.54) is 0 Å². The second kappa shape index (κ2) is 4.40. The number of rotatable bonds is 3. The summed E-state index contributed by atoms with van der Waals surface area (Å²) >= 11 is 0. The third-order valence-electron chi connectivity index (χ3n) is 2.46. The van der Waals surface area contributed by atoms with Crippen molar-refractivity contribution >= 4 is 11.8 Å². The molecule has 2 rings (SSSR count). The fourth-order valence-electron chi connectivity index (χ4n) is 1.63. The normalized spacial score (nSPS) is 12.4. The number of nitrogens with zero attached hydrogens (tertiary/aromatic N) is 4. The summed E-state index contributed by atoms with van der Waals surface area (Å²) < 4.78 is 1.77. The molecular weight excluding hydrogens is 216 g/mol. The summed E-state index contributed by atoms with van der Waals surface area (Å²) in [5, 5.41) is 7.40. The van der Waals surface area contributed by atoms with Crippen LogP contribution in [0.1, 0.15) is 24.2 Å². The lowest BCUT2D eigenvalue weighted by Gasteiger charge is -2.13. The van der Waals surface area contributed by atoms with Gasteiger partial charge in [0.15, 0.2) is 0 Å². The van der Waals surface area contributed by atoms with E-state index in [-0.39, 0.29) is 12.0 Å². The molecule has 0 fully saturated rings. The highest BCUT2D eigenvalue weighted by atomic mass is 15.2. The lowest BCUT2D eigenvalue weighted by Crippen LogP contribution is -2.09. The van der Waals surface area contributed by atoms with E-state index in [1.807, 2.05) is 39.4 Å². The van der Waals surface area contributed by atoms with Crippen molar-refractivity contribution in [3.8, 4) is 0 Å². The van der Waals surface area contributed by atoms with Gasteiger partial charge in [-0.05, 0) is 13.8 Å². The van der Waals surface area contributed by atoms with Gasteiger partial charge >= 0.3 is 0 Å². The zero-order valence-electron chi connectivity index (χ0n) is 10.2. The van der Waals surface area contributed by atoms with Crippen LogP contribution in [0.25, 0.3) is 0 Å². The van der Waals surface area contributed by atoms with Crippen LogP contribution in [0.4, 0.5) is 11.8 Å². The number of aryl methyl sites for hydroxylation is 2. The molecule has 0 saturated carbocycles. The van der Waals surface area contributed by atoms with Crippen LogP contribution in [0.2, 0.25) is 0 Å². The molecule has 0 radical (unpaired) electrons. The Morgan fingerprint density at radius 2 is 2.18 bits per heavy atom. The molecule has 2 aromatic heterocycles. The maximum absolute atomic E-state index is 5.60. The van der Waals surface area contributed by atoms with Gasteiger partial charge < -0.3 is 11.1 Å². The fraction of sp³-hybridized carbons (Fsp3) is 0.364. The van der Waals surface area contributed by atoms with Crippen molar-refractivity contribution in [1.82, 2.24) is 19.7 Å². The van der Waals surface area contributed by atoms with Crippen molar-refractivity contribution in [3.63, 3.8) is 0 Å². The predicted molar refractivity (Wildman–Crippen MR) is 66.4 cm³/mol. The lowest BCUT2D eigenvalue weighted by molar-refractivity contribution is 0.765. The molecule has 3 N–H and O–H groups in total. The van der Waals surface area contributed by atoms with Gasteiger partial charge in [0.05, 0.1) is 12.2 Å². The Morgan fingerprint density at radius 3 is 2.76 bits per heavy atom. The van der Waals surface area contributed by atoms with E-state index < -0.39 is 0 Å². The average molecular weight is 232 g/mol. The van der Waals surface area contributed by atoms with Crippen molar-refractivity contribution in [1.29, 1.82) is 0 Å². The molecule has 0 amide bonds. The summed E-state index contributed by atoms with van der Waals surface area (Å²) in [6.07, 6.45) is 3.80. The van der Waals surface area contributed by atoms with Crippen LogP contribution in [0.3, 0.4) is 0 Å². The average Bonchev–Trinajstić information content (AvgIpc) is 2.63. The molecule has 0 aliphatic rings. The monoisotopic (exact) mass is 232 g/mol. The van der Waals surface area contributed by atoms with E-state index in [4.69, 9.17) is 5.73 Å². The molecule has 1 atom stereocenters. The molecule has 6 heteroatoms. The van der Waals surface area contributed by atoms with Crippen LogP contribution in [0.15, 0.2) is 18.5 Å². The number of hydrogen-bond acceptors (Lipinski definition) is 5. The third kappa shape index (κ3) is 2.72. The van der Waals surface area contributed by atoms with Gasteiger partial charge in [0.2, 0.25) is 5.95 Å². The Balaban J connectivity index is 2.15. The predicted octanol–water partition coefficient (Wildman–Crippen LogP) is 1.27. The zero-order valence-corrected chi connectivity index (χ0v) is 10.2. The van der Waals surface area contributed by atoms with Crippen LogP contribution in [0.5, 0.6) is 0 Å². The van der Waals surface area contributed by atoms with Crippen LogP contribution in [-0.2, 0) is 7.05 Å². The molecule has 0 aliphatic heterocycles. The molecule has 0 unspecified atom stereocenters. The molecule has 6 nitrogen and oxygen atoms in total. The molecule has 2 heterocycles. The first kappa shape index (κ1) is 11.4. The van der Waals surface area contributed by atoms with Gasteiger partial charge in [-0.15, -0.1) is 0 Å². The number of nitrogens with two attached hydrogens (primary N) is 1. The van der Waals surface area contributed by atoms with Crippen LogP contribution < -0.4 is 11.1 Å². The Hall–Kier alpha value is -2.11. The Kier molecular flexibility index (Phi) is 2.95. The minimum atomic E-state index is 0.123. The van der Waals surface area contributed by atoms with E-state index in [1.54, 1.807) is 4.68 Å². The van der Waals surface area contributed by atoms with Gasteiger partial charge in [-0.1, -0.05) is 0 Å². The van der Waals surface area contributed by atoms with Gasteiger partial charge in [0.1, 0.15) is 5.82 Å². The number of hydrogen-bond donors (Lipinski definition) is 2. The minimum absolute atomic E-state index is 0.123. The maximum atomic E-state index is 5.60. The van der Waals surface area contributed by atoms with Crippen LogP contribution >= 0.6 is 0 Å². The molecule has 0 aromatic carbocycles. The summed E-state index contributed by atoms with van der Waals surface area (Å²) in [4.78, 5) is 8.16. The van der Waals surface area contributed by atoms with Crippen LogP contribution in [-0.4, -0.2) is 19.7 Å². The molecule has 0 spiro atoms. The first-order valence-corrected chi connectivity index (χ1v) is 5.41. The van der Waals surface area contributed by atoms with Gasteiger partial charge in [-0.3, -0.25) is 4.68 Å². The Morgan fingerprint density at radius 1 is 1.41 bits per heavy atom. The highest BCUT2D eigenvalue weighted by Gasteiger charge is 2.08. The molecule has 2 aromatic rings. The first-order valence-electron chi connectivity index (χ1n) is 5.41. The summed E-state index contributed by atoms with van der Waals surface area (Å²) in [5.41, 5.74) is 7.54. The third-order valence-corrected chi connectivity index (χ3v) is 2.46. The summed E-state index contributed by atoms with van der Waals surface area (Å²) in [6.45, 7) is 3.93. The Labute approximate surface area is 99.9 Å². The van der Waals surface area contributed by atoms with E-state index in [0.29, 0.717) is 0 Å². The van der Waals surface area contributed by atoms with Crippen LogP contribution in [0, 0.1) is 6.92 Å². The van der Waals surface area contributed by atoms with E-state index in [0.717, 1.165) is 17.1 Å². The quantitative estimate of drug-likeness (QED) is 0.833. The number of nitrogens with one attached hydrogen (secondary N) is 1. The van der Waals surface area contributed by atoms with E-state index in [2.05, 4.69) is 20.4 Å². The van der Waals surface area contributed by atoms with Gasteiger partial charge in [0.25, 0.3) is 0 Å². The van der Waals surface area contributed by atoms with Crippen molar-refractivity contribution in [2.24, 2.45) is 7.05 Å². The van der Waals surface area contributed by atoms with Crippen molar-refractivity contribution in [3.05, 3.63) is 29.7 Å². The summed E-state index contributed by atoms with van der Waals surface area (Å²) in [5.74, 6) is 1.01. The standard InChI is InChI=1S/C11H16N6/c1-7-4-10(16-11(12)14-7)15-8(2)9-5-13-17(3)6-9/h4-6,8H,1-3H3,(H3,12,14,15,16)/t8-/m0/s1. The highest BCUT2D eigenvalue weighted by molar-refractivity contribution is 5.42. The van der Waals surface area contributed by atoms with Crippen molar-refractivity contribution in [2.45, 2.75) is 19.9 Å². The second-order valence-corrected chi connectivity index (χ2v) is 4.07. The number of aromatic nitrogens is 4. The molecule has 0 bridgehead atoms. The molecule has 0 aliphatic carbocycles. The fourth-order valence-corrected chi connectivity index (χ4v) is 1.63. The van der Waals surface area contributed by atoms with E-state index in [9.17, 15) is 0 Å². The molecule has 17 heavy (non-hydrogen) atoms. The first-order chi connectivity index (χ1) is 8.04. The topological polar surface area (TPSA) is 81.7 Å². The SMILES string of the molecule is Cc1cc(N[C@@H](C)c2cnn(C)c2)nc(N)n1. The molecule has 0 saturated heterocycles. The lowest BCUT2D eigenvalue weighted by atomic mass is 10.2. The largest absolute Gasteiger partial charge is 0.368 e. The van der Waals surface area contributed by atoms with Gasteiger partial charge in [0, 0.05) is 30.6 Å². The van der Waals surface area contributed by atoms with Crippen molar-refractivity contribution in [2.75, 3.05) is 11.1 Å². The summed E-state index contributed by atoms with van der Waals surface area (Å²) in [6, 6.07) is 1.99.